The van der Waals surface area contributed by atoms with Crippen molar-refractivity contribution in [1.82, 2.24) is 10.2 Å². The minimum absolute atomic E-state index is 0.0870. The van der Waals surface area contributed by atoms with Crippen LogP contribution in [0.15, 0.2) is 0 Å². The van der Waals surface area contributed by atoms with Gasteiger partial charge in [-0.05, 0) is 45.1 Å². The molecule has 2 N–H and O–H groups in total. The highest BCUT2D eigenvalue weighted by atomic mass is 16.5. The van der Waals surface area contributed by atoms with Crippen LogP contribution in [0, 0.1) is 5.92 Å². The molecule has 1 saturated carbocycles. The lowest BCUT2D eigenvalue weighted by Gasteiger charge is -2.22. The van der Waals surface area contributed by atoms with Crippen LogP contribution in [-0.2, 0) is 9.53 Å². The van der Waals surface area contributed by atoms with Crippen LogP contribution in [0.1, 0.15) is 51.9 Å². The Labute approximate surface area is 134 Å². The zero-order valence-electron chi connectivity index (χ0n) is 13.9. The van der Waals surface area contributed by atoms with E-state index in [4.69, 9.17) is 4.74 Å². The van der Waals surface area contributed by atoms with Crippen LogP contribution >= 0.6 is 0 Å². The number of amides is 1. The van der Waals surface area contributed by atoms with E-state index in [-0.39, 0.29) is 12.0 Å². The van der Waals surface area contributed by atoms with E-state index in [0.29, 0.717) is 25.1 Å². The molecule has 128 valence electrons. The van der Waals surface area contributed by atoms with E-state index < -0.39 is 0 Å². The summed E-state index contributed by atoms with van der Waals surface area (Å²) in [5, 5.41) is 12.5. The van der Waals surface area contributed by atoms with Gasteiger partial charge in [0.25, 0.3) is 0 Å². The average Bonchev–Trinajstić information content (AvgIpc) is 2.96. The van der Waals surface area contributed by atoms with Crippen LogP contribution in [0.2, 0.25) is 0 Å². The lowest BCUT2D eigenvalue weighted by Crippen LogP contribution is -2.37. The summed E-state index contributed by atoms with van der Waals surface area (Å²) in [6.45, 7) is 5.47. The molecule has 0 spiro atoms. The SMILES string of the molecule is CC(O)C1CCN(CC(=O)NCCCOC2CCCCC2)C1. The van der Waals surface area contributed by atoms with Crippen molar-refractivity contribution in [1.29, 1.82) is 0 Å². The quantitative estimate of drug-likeness (QED) is 0.668. The first-order valence-electron chi connectivity index (χ1n) is 8.94. The number of hydrogen-bond donors (Lipinski definition) is 2. The van der Waals surface area contributed by atoms with Gasteiger partial charge in [-0.25, -0.2) is 0 Å². The van der Waals surface area contributed by atoms with Gasteiger partial charge in [0, 0.05) is 19.7 Å². The summed E-state index contributed by atoms with van der Waals surface area (Å²) in [4.78, 5) is 14.0. The molecule has 1 amide bonds. The molecule has 2 unspecified atom stereocenters. The van der Waals surface area contributed by atoms with Crippen molar-refractivity contribution in [3.8, 4) is 0 Å². The minimum Gasteiger partial charge on any atom is -0.393 e. The summed E-state index contributed by atoms with van der Waals surface area (Å²) in [5.41, 5.74) is 0. The number of rotatable bonds is 8. The Kier molecular flexibility index (Phi) is 7.63. The number of hydrogen-bond acceptors (Lipinski definition) is 4. The summed E-state index contributed by atoms with van der Waals surface area (Å²) in [6, 6.07) is 0. The summed E-state index contributed by atoms with van der Waals surface area (Å²) < 4.78 is 5.85. The van der Waals surface area contributed by atoms with Crippen molar-refractivity contribution >= 4 is 5.91 Å². The monoisotopic (exact) mass is 312 g/mol. The second kappa shape index (κ2) is 9.48. The van der Waals surface area contributed by atoms with Gasteiger partial charge in [-0.3, -0.25) is 9.69 Å². The Bertz CT molecular complexity index is 330. The highest BCUT2D eigenvalue weighted by Gasteiger charge is 2.26. The van der Waals surface area contributed by atoms with Gasteiger partial charge >= 0.3 is 0 Å². The topological polar surface area (TPSA) is 61.8 Å². The first-order valence-corrected chi connectivity index (χ1v) is 8.94. The molecule has 0 radical (unpaired) electrons. The molecule has 0 aromatic heterocycles. The van der Waals surface area contributed by atoms with E-state index in [0.717, 1.165) is 32.5 Å². The first kappa shape index (κ1) is 17.7. The van der Waals surface area contributed by atoms with Crippen molar-refractivity contribution in [3.63, 3.8) is 0 Å². The van der Waals surface area contributed by atoms with E-state index in [9.17, 15) is 9.90 Å². The second-order valence-corrected chi connectivity index (χ2v) is 6.86. The van der Waals surface area contributed by atoms with Gasteiger partial charge in [0.1, 0.15) is 0 Å². The van der Waals surface area contributed by atoms with Crippen molar-refractivity contribution in [2.24, 2.45) is 5.92 Å². The third-order valence-electron chi connectivity index (χ3n) is 4.91. The minimum atomic E-state index is -0.273. The van der Waals surface area contributed by atoms with Gasteiger partial charge < -0.3 is 15.2 Å². The van der Waals surface area contributed by atoms with Gasteiger partial charge in [0.2, 0.25) is 5.91 Å². The Balaban J connectivity index is 1.47. The van der Waals surface area contributed by atoms with E-state index in [1.54, 1.807) is 0 Å². The number of carbonyl (C=O) groups excluding carboxylic acids is 1. The molecule has 0 aromatic rings. The fourth-order valence-corrected chi connectivity index (χ4v) is 3.44. The molecule has 1 aliphatic carbocycles. The predicted molar refractivity (Wildman–Crippen MR) is 86.7 cm³/mol. The lowest BCUT2D eigenvalue weighted by molar-refractivity contribution is -0.122. The average molecular weight is 312 g/mol. The highest BCUT2D eigenvalue weighted by molar-refractivity contribution is 5.78. The third kappa shape index (κ3) is 6.23. The van der Waals surface area contributed by atoms with Gasteiger partial charge in [0.05, 0.1) is 18.8 Å². The number of carbonyl (C=O) groups is 1. The maximum atomic E-state index is 11.9. The van der Waals surface area contributed by atoms with Crippen LogP contribution in [0.5, 0.6) is 0 Å². The molecule has 1 aliphatic heterocycles. The van der Waals surface area contributed by atoms with Crippen molar-refractivity contribution in [2.45, 2.75) is 64.1 Å². The molecular formula is C17H32N2O3. The van der Waals surface area contributed by atoms with Gasteiger partial charge in [-0.2, -0.15) is 0 Å². The number of aliphatic hydroxyl groups excluding tert-OH is 1. The van der Waals surface area contributed by atoms with Crippen LogP contribution in [0.3, 0.4) is 0 Å². The molecule has 5 heteroatoms. The zero-order chi connectivity index (χ0) is 15.8. The van der Waals surface area contributed by atoms with Gasteiger partial charge in [-0.15, -0.1) is 0 Å². The number of nitrogens with zero attached hydrogens (tertiary/aromatic N) is 1. The number of nitrogens with one attached hydrogen (secondary N) is 1. The van der Waals surface area contributed by atoms with Crippen molar-refractivity contribution in [2.75, 3.05) is 32.8 Å². The Morgan fingerprint density at radius 2 is 2.09 bits per heavy atom. The lowest BCUT2D eigenvalue weighted by atomic mass is 9.98. The molecule has 0 bridgehead atoms. The number of likely N-dealkylation sites (tertiary alicyclic amines) is 1. The Morgan fingerprint density at radius 1 is 1.32 bits per heavy atom. The molecule has 2 aliphatic rings. The van der Waals surface area contributed by atoms with E-state index >= 15 is 0 Å². The maximum absolute atomic E-state index is 11.9. The van der Waals surface area contributed by atoms with Gasteiger partial charge in [0.15, 0.2) is 0 Å². The van der Waals surface area contributed by atoms with Crippen LogP contribution < -0.4 is 5.32 Å². The van der Waals surface area contributed by atoms with Gasteiger partial charge in [-0.1, -0.05) is 19.3 Å². The summed E-state index contributed by atoms with van der Waals surface area (Å²) in [6.07, 6.45) is 8.39. The summed E-state index contributed by atoms with van der Waals surface area (Å²) in [7, 11) is 0. The number of aliphatic hydroxyl groups is 1. The molecule has 2 rings (SSSR count). The zero-order valence-corrected chi connectivity index (χ0v) is 13.9. The third-order valence-corrected chi connectivity index (χ3v) is 4.91. The summed E-state index contributed by atoms with van der Waals surface area (Å²) in [5.74, 6) is 0.403. The molecule has 1 saturated heterocycles. The molecule has 5 nitrogen and oxygen atoms in total. The van der Waals surface area contributed by atoms with Crippen LogP contribution in [0.4, 0.5) is 0 Å². The van der Waals surface area contributed by atoms with Crippen LogP contribution in [-0.4, -0.2) is 60.9 Å². The standard InChI is InChI=1S/C17H32N2O3/c1-14(20)15-8-10-19(12-15)13-17(21)18-9-5-11-22-16-6-3-2-4-7-16/h14-16,20H,2-13H2,1H3,(H,18,21). The Hall–Kier alpha value is -0.650. The first-order chi connectivity index (χ1) is 10.6. The van der Waals surface area contributed by atoms with E-state index in [2.05, 4.69) is 10.2 Å². The fourth-order valence-electron chi connectivity index (χ4n) is 3.44. The molecule has 1 heterocycles. The number of ether oxygens (including phenoxy) is 1. The van der Waals surface area contributed by atoms with E-state index in [1.165, 1.54) is 32.1 Å². The smallest absolute Gasteiger partial charge is 0.234 e. The Morgan fingerprint density at radius 3 is 2.77 bits per heavy atom. The normalized spacial score (nSPS) is 25.3. The van der Waals surface area contributed by atoms with Crippen molar-refractivity contribution in [3.05, 3.63) is 0 Å². The molecule has 0 aromatic carbocycles. The highest BCUT2D eigenvalue weighted by Crippen LogP contribution is 2.20. The molecular weight excluding hydrogens is 280 g/mol. The largest absolute Gasteiger partial charge is 0.393 e. The van der Waals surface area contributed by atoms with Crippen LogP contribution in [0.25, 0.3) is 0 Å². The molecule has 22 heavy (non-hydrogen) atoms. The molecule has 2 atom stereocenters. The second-order valence-electron chi connectivity index (χ2n) is 6.86. The molecule has 2 fully saturated rings. The maximum Gasteiger partial charge on any atom is 0.234 e. The summed E-state index contributed by atoms with van der Waals surface area (Å²) >= 11 is 0. The predicted octanol–water partition coefficient (Wildman–Crippen LogP) is 1.54. The fraction of sp³-hybridized carbons (Fsp3) is 0.941. The van der Waals surface area contributed by atoms with Crippen molar-refractivity contribution < 1.29 is 14.6 Å². The van der Waals surface area contributed by atoms with E-state index in [1.807, 2.05) is 6.92 Å².